The maximum atomic E-state index is 13.0. The van der Waals surface area contributed by atoms with E-state index in [-0.39, 0.29) is 31.1 Å². The lowest BCUT2D eigenvalue weighted by Crippen LogP contribution is -2.59. The second-order valence-corrected chi connectivity index (χ2v) is 9.37. The molecular weight excluding hydrogens is 450 g/mol. The van der Waals surface area contributed by atoms with Crippen molar-refractivity contribution in [2.45, 2.75) is 77.5 Å². The molecule has 8 N–H and O–H groups in total. The fraction of sp³-hybridized carbons (Fsp3) is 0.762. The molecule has 0 aliphatic heterocycles. The van der Waals surface area contributed by atoms with Gasteiger partial charge in [0, 0.05) is 6.42 Å². The molecular formula is C21H39N5O6S. The molecule has 0 aromatic heterocycles. The summed E-state index contributed by atoms with van der Waals surface area (Å²) in [6, 6.07) is -4.13. The second kappa shape index (κ2) is 15.5. The fourth-order valence-electron chi connectivity index (χ4n) is 2.84. The lowest BCUT2D eigenvalue weighted by atomic mass is 9.96. The number of hydrogen-bond donors (Lipinski definition) is 6. The van der Waals surface area contributed by atoms with Crippen LogP contribution in [0.15, 0.2) is 0 Å². The molecule has 0 fully saturated rings. The summed E-state index contributed by atoms with van der Waals surface area (Å²) in [5, 5.41) is 17.0. The molecule has 0 aliphatic carbocycles. The van der Waals surface area contributed by atoms with Crippen LogP contribution in [0.25, 0.3) is 0 Å². The van der Waals surface area contributed by atoms with Gasteiger partial charge in [0.15, 0.2) is 0 Å². The van der Waals surface area contributed by atoms with E-state index in [2.05, 4.69) is 16.0 Å². The first-order valence-corrected chi connectivity index (χ1v) is 12.4. The van der Waals surface area contributed by atoms with Gasteiger partial charge >= 0.3 is 5.97 Å². The Kier molecular flexibility index (Phi) is 14.4. The Morgan fingerprint density at radius 1 is 0.909 bits per heavy atom. The number of amides is 4. The number of carbonyl (C=O) groups is 5. The van der Waals surface area contributed by atoms with Crippen LogP contribution in [0.1, 0.15) is 53.4 Å². The van der Waals surface area contributed by atoms with Gasteiger partial charge in [0.05, 0.1) is 6.04 Å². The Morgan fingerprint density at radius 2 is 1.48 bits per heavy atom. The van der Waals surface area contributed by atoms with Crippen molar-refractivity contribution in [3.05, 3.63) is 0 Å². The minimum atomic E-state index is -1.21. The number of carboxylic acid groups (broad SMARTS) is 1. The first-order chi connectivity index (χ1) is 15.3. The molecule has 0 aliphatic rings. The van der Waals surface area contributed by atoms with Crippen molar-refractivity contribution in [3.8, 4) is 0 Å². The van der Waals surface area contributed by atoms with Gasteiger partial charge < -0.3 is 32.5 Å². The van der Waals surface area contributed by atoms with Crippen molar-refractivity contribution >= 4 is 41.4 Å². The average molecular weight is 490 g/mol. The highest BCUT2D eigenvalue weighted by molar-refractivity contribution is 7.98. The average Bonchev–Trinajstić information content (AvgIpc) is 2.75. The number of primary amides is 1. The van der Waals surface area contributed by atoms with Crippen LogP contribution in [0.3, 0.4) is 0 Å². The van der Waals surface area contributed by atoms with E-state index in [0.29, 0.717) is 12.2 Å². The fourth-order valence-corrected chi connectivity index (χ4v) is 3.31. The predicted octanol–water partition coefficient (Wildman–Crippen LogP) is -0.427. The van der Waals surface area contributed by atoms with Crippen LogP contribution in [0, 0.1) is 11.8 Å². The molecule has 33 heavy (non-hydrogen) atoms. The van der Waals surface area contributed by atoms with Crippen molar-refractivity contribution in [2.24, 2.45) is 23.3 Å². The van der Waals surface area contributed by atoms with Gasteiger partial charge in [-0.2, -0.15) is 11.8 Å². The molecule has 0 rings (SSSR count). The van der Waals surface area contributed by atoms with E-state index in [1.807, 2.05) is 13.2 Å². The standard InChI is InChI=1S/C21H39N5O6S/c1-6-12(4)17(26-19(29)16(23)11(2)3)20(30)24-13(7-8-15(22)27)18(28)25-14(21(31)32)9-10-33-5/h11-14,16-17H,6-10,23H2,1-5H3,(H2,22,27)(H,24,30)(H,25,28)(H,26,29)(H,31,32). The summed E-state index contributed by atoms with van der Waals surface area (Å²) in [6.07, 6.45) is 2.25. The lowest BCUT2D eigenvalue weighted by molar-refractivity contribution is -0.142. The highest BCUT2D eigenvalue weighted by Crippen LogP contribution is 2.11. The second-order valence-electron chi connectivity index (χ2n) is 8.39. The predicted molar refractivity (Wildman–Crippen MR) is 127 cm³/mol. The highest BCUT2D eigenvalue weighted by Gasteiger charge is 2.32. The van der Waals surface area contributed by atoms with E-state index >= 15 is 0 Å². The summed E-state index contributed by atoms with van der Waals surface area (Å²) in [5.74, 6) is -3.66. The van der Waals surface area contributed by atoms with Crippen LogP contribution in [0.5, 0.6) is 0 Å². The molecule has 5 unspecified atom stereocenters. The zero-order valence-corrected chi connectivity index (χ0v) is 20.9. The molecule has 5 atom stereocenters. The molecule has 0 radical (unpaired) electrons. The summed E-state index contributed by atoms with van der Waals surface area (Å²) in [5.41, 5.74) is 11.1. The Labute approximate surface area is 199 Å². The molecule has 190 valence electrons. The molecule has 0 heterocycles. The van der Waals surface area contributed by atoms with Gasteiger partial charge in [0.25, 0.3) is 0 Å². The normalized spacial score (nSPS) is 15.6. The maximum absolute atomic E-state index is 13.0. The molecule has 4 amide bonds. The molecule has 0 saturated carbocycles. The molecule has 0 saturated heterocycles. The van der Waals surface area contributed by atoms with E-state index in [4.69, 9.17) is 11.5 Å². The minimum absolute atomic E-state index is 0.117. The summed E-state index contributed by atoms with van der Waals surface area (Å²) in [7, 11) is 0. The first-order valence-electron chi connectivity index (χ1n) is 11.0. The summed E-state index contributed by atoms with van der Waals surface area (Å²) >= 11 is 1.43. The summed E-state index contributed by atoms with van der Waals surface area (Å²) in [4.78, 5) is 61.0. The summed E-state index contributed by atoms with van der Waals surface area (Å²) in [6.45, 7) is 7.18. The van der Waals surface area contributed by atoms with Crippen molar-refractivity contribution in [1.82, 2.24) is 16.0 Å². The van der Waals surface area contributed by atoms with Crippen molar-refractivity contribution in [2.75, 3.05) is 12.0 Å². The minimum Gasteiger partial charge on any atom is -0.480 e. The number of aliphatic carboxylic acids is 1. The van der Waals surface area contributed by atoms with Gasteiger partial charge in [-0.05, 0) is 36.7 Å². The van der Waals surface area contributed by atoms with Gasteiger partial charge in [-0.3, -0.25) is 19.2 Å². The molecule has 0 spiro atoms. The molecule has 0 aromatic rings. The monoisotopic (exact) mass is 489 g/mol. The van der Waals surface area contributed by atoms with E-state index in [1.165, 1.54) is 11.8 Å². The maximum Gasteiger partial charge on any atom is 0.326 e. The SMILES string of the molecule is CCC(C)C(NC(=O)C(N)C(C)C)C(=O)NC(CCC(N)=O)C(=O)NC(CCSC)C(=O)O. The lowest BCUT2D eigenvalue weighted by Gasteiger charge is -2.28. The molecule has 0 aromatic carbocycles. The largest absolute Gasteiger partial charge is 0.480 e. The third kappa shape index (κ3) is 11.4. The van der Waals surface area contributed by atoms with Gasteiger partial charge in [0.2, 0.25) is 23.6 Å². The molecule has 11 nitrogen and oxygen atoms in total. The van der Waals surface area contributed by atoms with Crippen LogP contribution in [-0.2, 0) is 24.0 Å². The molecule has 0 bridgehead atoms. The van der Waals surface area contributed by atoms with Crippen LogP contribution in [0.4, 0.5) is 0 Å². The van der Waals surface area contributed by atoms with Crippen LogP contribution in [0.2, 0.25) is 0 Å². The third-order valence-electron chi connectivity index (χ3n) is 5.35. The number of carboxylic acids is 1. The van der Waals surface area contributed by atoms with Gasteiger partial charge in [0.1, 0.15) is 18.1 Å². The number of carbonyl (C=O) groups excluding carboxylic acids is 4. The van der Waals surface area contributed by atoms with Gasteiger partial charge in [-0.1, -0.05) is 34.1 Å². The molecule has 12 heteroatoms. The topological polar surface area (TPSA) is 194 Å². The van der Waals surface area contributed by atoms with Crippen molar-refractivity contribution in [3.63, 3.8) is 0 Å². The number of thioether (sulfide) groups is 1. The third-order valence-corrected chi connectivity index (χ3v) is 6.00. The van der Waals surface area contributed by atoms with E-state index in [0.717, 1.165) is 0 Å². The van der Waals surface area contributed by atoms with E-state index in [1.54, 1.807) is 20.8 Å². The number of hydrogen-bond acceptors (Lipinski definition) is 7. The summed E-state index contributed by atoms with van der Waals surface area (Å²) < 4.78 is 0. The van der Waals surface area contributed by atoms with Crippen LogP contribution < -0.4 is 27.4 Å². The zero-order valence-electron chi connectivity index (χ0n) is 20.1. The van der Waals surface area contributed by atoms with Gasteiger partial charge in [-0.15, -0.1) is 0 Å². The Bertz CT molecular complexity index is 690. The van der Waals surface area contributed by atoms with E-state index in [9.17, 15) is 29.1 Å². The van der Waals surface area contributed by atoms with Crippen molar-refractivity contribution in [1.29, 1.82) is 0 Å². The Hall–Kier alpha value is -2.34. The van der Waals surface area contributed by atoms with Crippen molar-refractivity contribution < 1.29 is 29.1 Å². The number of rotatable bonds is 16. The Morgan fingerprint density at radius 3 is 1.94 bits per heavy atom. The number of nitrogens with one attached hydrogen (secondary N) is 3. The van der Waals surface area contributed by atoms with Crippen LogP contribution in [-0.4, -0.2) is 70.9 Å². The van der Waals surface area contributed by atoms with Crippen LogP contribution >= 0.6 is 11.8 Å². The smallest absolute Gasteiger partial charge is 0.326 e. The Balaban J connectivity index is 5.59. The zero-order chi connectivity index (χ0) is 25.7. The van der Waals surface area contributed by atoms with Gasteiger partial charge in [-0.25, -0.2) is 4.79 Å². The number of nitrogens with two attached hydrogens (primary N) is 2. The highest BCUT2D eigenvalue weighted by atomic mass is 32.2. The first kappa shape index (κ1) is 30.7. The quantitative estimate of drug-likeness (QED) is 0.168. The van der Waals surface area contributed by atoms with E-state index < -0.39 is 53.8 Å².